The molecule has 1 aromatic heterocycles. The molecule has 0 amide bonds. The molecular formula is C12H16ClNO2. The summed E-state index contributed by atoms with van der Waals surface area (Å²) in [7, 11) is 0. The maximum Gasteiger partial charge on any atom is 0.0908 e. The lowest BCUT2D eigenvalue weighted by molar-refractivity contribution is -0.0689. The predicted molar refractivity (Wildman–Crippen MR) is 62.4 cm³/mol. The molecule has 1 aliphatic carbocycles. The summed E-state index contributed by atoms with van der Waals surface area (Å²) in [6.07, 6.45) is 6.17. The van der Waals surface area contributed by atoms with Crippen LogP contribution in [0.5, 0.6) is 0 Å². The second-order valence-electron chi connectivity index (χ2n) is 4.50. The molecule has 0 spiro atoms. The summed E-state index contributed by atoms with van der Waals surface area (Å²) in [6, 6.07) is 1.78. The lowest BCUT2D eigenvalue weighted by atomic mass is 9.90. The van der Waals surface area contributed by atoms with Crippen LogP contribution >= 0.6 is 11.6 Å². The maximum absolute atomic E-state index is 10.2. The van der Waals surface area contributed by atoms with Crippen molar-refractivity contribution in [2.45, 2.75) is 43.8 Å². The van der Waals surface area contributed by atoms with E-state index in [0.29, 0.717) is 24.3 Å². The van der Waals surface area contributed by atoms with Gasteiger partial charge in [0, 0.05) is 18.8 Å². The van der Waals surface area contributed by atoms with E-state index in [2.05, 4.69) is 4.98 Å². The number of aromatic nitrogens is 1. The fourth-order valence-electron chi connectivity index (χ4n) is 2.29. The van der Waals surface area contributed by atoms with Gasteiger partial charge in [-0.2, -0.15) is 0 Å². The van der Waals surface area contributed by atoms with Crippen molar-refractivity contribution in [3.63, 3.8) is 0 Å². The van der Waals surface area contributed by atoms with Crippen LogP contribution in [0.15, 0.2) is 18.5 Å². The van der Waals surface area contributed by atoms with Crippen LogP contribution in [0.3, 0.4) is 0 Å². The number of nitrogens with zero attached hydrogens (tertiary/aromatic N) is 1. The van der Waals surface area contributed by atoms with Gasteiger partial charge in [-0.3, -0.25) is 4.98 Å². The number of hydrogen-bond acceptors (Lipinski definition) is 3. The van der Waals surface area contributed by atoms with E-state index in [1.807, 2.05) is 0 Å². The third kappa shape index (κ3) is 2.37. The minimum atomic E-state index is -0.924. The third-order valence-corrected chi connectivity index (χ3v) is 3.70. The molecule has 88 valence electrons. The summed E-state index contributed by atoms with van der Waals surface area (Å²) < 4.78 is 0. The summed E-state index contributed by atoms with van der Waals surface area (Å²) in [5.74, 6) is 0. The number of aliphatic hydroxyl groups is 2. The van der Waals surface area contributed by atoms with E-state index in [1.165, 1.54) is 0 Å². The molecule has 0 bridgehead atoms. The van der Waals surface area contributed by atoms with Crippen molar-refractivity contribution in [1.29, 1.82) is 0 Å². The van der Waals surface area contributed by atoms with Gasteiger partial charge in [0.25, 0.3) is 0 Å². The first kappa shape index (κ1) is 11.8. The van der Waals surface area contributed by atoms with Crippen LogP contribution < -0.4 is 0 Å². The number of hydrogen-bond donors (Lipinski definition) is 2. The van der Waals surface area contributed by atoms with Crippen LogP contribution in [0.4, 0.5) is 0 Å². The Hall–Kier alpha value is -0.640. The van der Waals surface area contributed by atoms with E-state index in [-0.39, 0.29) is 0 Å². The van der Waals surface area contributed by atoms with E-state index in [4.69, 9.17) is 11.6 Å². The fraction of sp³-hybridized carbons (Fsp3) is 0.583. The Morgan fingerprint density at radius 3 is 2.75 bits per heavy atom. The second kappa shape index (κ2) is 4.70. The molecule has 16 heavy (non-hydrogen) atoms. The smallest absolute Gasteiger partial charge is 0.0908 e. The number of rotatable bonds is 3. The Labute approximate surface area is 100 Å². The van der Waals surface area contributed by atoms with Crippen molar-refractivity contribution >= 4 is 11.6 Å². The molecule has 0 aliphatic heterocycles. The Kier molecular flexibility index (Phi) is 3.47. The molecule has 1 fully saturated rings. The SMILES string of the molecule is OC(Cc1ccncc1Cl)C1(O)CCCC1. The predicted octanol–water partition coefficient (Wildman–Crippen LogP) is 1.94. The van der Waals surface area contributed by atoms with Crippen LogP contribution in [0.1, 0.15) is 31.2 Å². The normalized spacial score (nSPS) is 20.9. The summed E-state index contributed by atoms with van der Waals surface area (Å²) in [4.78, 5) is 3.89. The molecule has 2 N–H and O–H groups in total. The highest BCUT2D eigenvalue weighted by molar-refractivity contribution is 6.31. The van der Waals surface area contributed by atoms with Crippen molar-refractivity contribution < 1.29 is 10.2 Å². The highest BCUT2D eigenvalue weighted by atomic mass is 35.5. The quantitative estimate of drug-likeness (QED) is 0.851. The first-order chi connectivity index (χ1) is 7.62. The number of aliphatic hydroxyl groups excluding tert-OH is 1. The summed E-state index contributed by atoms with van der Waals surface area (Å²) in [6.45, 7) is 0. The zero-order valence-corrected chi connectivity index (χ0v) is 9.82. The van der Waals surface area contributed by atoms with Crippen LogP contribution in [0.25, 0.3) is 0 Å². The first-order valence-electron chi connectivity index (χ1n) is 5.61. The van der Waals surface area contributed by atoms with Gasteiger partial charge in [0.2, 0.25) is 0 Å². The molecule has 1 heterocycles. The summed E-state index contributed by atoms with van der Waals surface area (Å²) in [5.41, 5.74) is -0.0865. The number of pyridine rings is 1. The van der Waals surface area contributed by atoms with Crippen LogP contribution in [-0.2, 0) is 6.42 Å². The molecule has 1 aromatic rings. The van der Waals surface area contributed by atoms with Crippen LogP contribution in [0, 0.1) is 0 Å². The zero-order chi connectivity index (χ0) is 11.6. The van der Waals surface area contributed by atoms with Gasteiger partial charge < -0.3 is 10.2 Å². The Morgan fingerprint density at radius 1 is 1.44 bits per heavy atom. The van der Waals surface area contributed by atoms with Crippen molar-refractivity contribution in [1.82, 2.24) is 4.98 Å². The maximum atomic E-state index is 10.2. The van der Waals surface area contributed by atoms with E-state index in [0.717, 1.165) is 18.4 Å². The lowest BCUT2D eigenvalue weighted by Gasteiger charge is -2.28. The van der Waals surface area contributed by atoms with Crippen molar-refractivity contribution in [3.05, 3.63) is 29.0 Å². The molecule has 0 aromatic carbocycles. The zero-order valence-electron chi connectivity index (χ0n) is 9.06. The van der Waals surface area contributed by atoms with Gasteiger partial charge in [0.05, 0.1) is 16.7 Å². The standard InChI is InChI=1S/C12H16ClNO2/c13-10-8-14-6-3-9(10)7-11(15)12(16)4-1-2-5-12/h3,6,8,11,15-16H,1-2,4-5,7H2. The van der Waals surface area contributed by atoms with Gasteiger partial charge in [0.15, 0.2) is 0 Å². The van der Waals surface area contributed by atoms with Gasteiger partial charge in [0.1, 0.15) is 0 Å². The van der Waals surface area contributed by atoms with E-state index in [9.17, 15) is 10.2 Å². The van der Waals surface area contributed by atoms with E-state index >= 15 is 0 Å². The van der Waals surface area contributed by atoms with Gasteiger partial charge in [-0.15, -0.1) is 0 Å². The summed E-state index contributed by atoms with van der Waals surface area (Å²) in [5, 5.41) is 20.8. The Balaban J connectivity index is 2.07. The Morgan fingerprint density at radius 2 is 2.12 bits per heavy atom. The molecule has 1 unspecified atom stereocenters. The van der Waals surface area contributed by atoms with E-state index in [1.54, 1.807) is 18.5 Å². The fourth-order valence-corrected chi connectivity index (χ4v) is 2.48. The van der Waals surface area contributed by atoms with Crippen molar-refractivity contribution in [3.8, 4) is 0 Å². The average molecular weight is 242 g/mol. The lowest BCUT2D eigenvalue weighted by Crippen LogP contribution is -2.40. The van der Waals surface area contributed by atoms with Crippen molar-refractivity contribution in [2.24, 2.45) is 0 Å². The highest BCUT2D eigenvalue weighted by Crippen LogP contribution is 2.34. The molecule has 4 heteroatoms. The Bertz CT molecular complexity index is 364. The van der Waals surface area contributed by atoms with Gasteiger partial charge >= 0.3 is 0 Å². The van der Waals surface area contributed by atoms with Gasteiger partial charge in [-0.05, 0) is 24.5 Å². The molecular weight excluding hydrogens is 226 g/mol. The minimum Gasteiger partial charge on any atom is -0.390 e. The molecule has 0 radical (unpaired) electrons. The third-order valence-electron chi connectivity index (χ3n) is 3.36. The van der Waals surface area contributed by atoms with Gasteiger partial charge in [-0.25, -0.2) is 0 Å². The minimum absolute atomic E-state index is 0.387. The molecule has 3 nitrogen and oxygen atoms in total. The molecule has 2 rings (SSSR count). The topological polar surface area (TPSA) is 53.4 Å². The van der Waals surface area contributed by atoms with Crippen LogP contribution in [0.2, 0.25) is 5.02 Å². The highest BCUT2D eigenvalue weighted by Gasteiger charge is 2.38. The van der Waals surface area contributed by atoms with E-state index < -0.39 is 11.7 Å². The first-order valence-corrected chi connectivity index (χ1v) is 5.98. The van der Waals surface area contributed by atoms with Crippen molar-refractivity contribution in [2.75, 3.05) is 0 Å². The van der Waals surface area contributed by atoms with Crippen LogP contribution in [-0.4, -0.2) is 26.9 Å². The summed E-state index contributed by atoms with van der Waals surface area (Å²) >= 11 is 5.97. The molecule has 1 atom stereocenters. The molecule has 1 aliphatic rings. The molecule has 0 saturated heterocycles. The average Bonchev–Trinajstić information content (AvgIpc) is 2.70. The van der Waals surface area contributed by atoms with Gasteiger partial charge in [-0.1, -0.05) is 24.4 Å². The largest absolute Gasteiger partial charge is 0.390 e. The monoisotopic (exact) mass is 241 g/mol. The molecule has 1 saturated carbocycles. The second-order valence-corrected chi connectivity index (χ2v) is 4.90. The number of halogens is 1.